The lowest BCUT2D eigenvalue weighted by Gasteiger charge is -2.29. The number of amides is 12. The molecule has 0 bridgehead atoms. The molecule has 0 spiro atoms. The predicted molar refractivity (Wildman–Crippen MR) is 386 cm³/mol. The van der Waals surface area contributed by atoms with Gasteiger partial charge in [-0.1, -0.05) is 129 Å². The van der Waals surface area contributed by atoms with Gasteiger partial charge >= 0.3 is 0 Å². The zero-order valence-corrected chi connectivity index (χ0v) is 59.1. The van der Waals surface area contributed by atoms with Crippen LogP contribution in [0.2, 0.25) is 0 Å². The third-order valence-corrected chi connectivity index (χ3v) is 17.6. The molecule has 4 aromatic rings. The topological polar surface area (TPSA) is 522 Å². The van der Waals surface area contributed by atoms with Crippen molar-refractivity contribution < 1.29 is 67.4 Å². The molecule has 0 saturated carbocycles. The first kappa shape index (κ1) is 83.2. The van der Waals surface area contributed by atoms with E-state index in [1.165, 1.54) is 36.1 Å². The lowest BCUT2D eigenvalue weighted by Crippen LogP contribution is -2.61. The number of rotatable bonds is 43. The van der Waals surface area contributed by atoms with Gasteiger partial charge in [-0.25, -0.2) is 0 Å². The summed E-state index contributed by atoms with van der Waals surface area (Å²) in [6.07, 6.45) is -1.35. The van der Waals surface area contributed by atoms with Gasteiger partial charge in [0.15, 0.2) is 5.96 Å². The summed E-state index contributed by atoms with van der Waals surface area (Å²) in [5.74, 6) is -10.6. The minimum atomic E-state index is -1.89. The summed E-state index contributed by atoms with van der Waals surface area (Å²) in [6, 6.07) is 17.7. The van der Waals surface area contributed by atoms with Gasteiger partial charge in [0.25, 0.3) is 0 Å². The number of carbonyl (C=O) groups excluding carboxylic acids is 13. The molecule has 0 aromatic heterocycles. The summed E-state index contributed by atoms with van der Waals surface area (Å²) in [6.45, 7) is 5.53. The van der Waals surface area contributed by atoms with Crippen molar-refractivity contribution in [2.75, 3.05) is 31.9 Å². The Labute approximate surface area is 602 Å². The fourth-order valence-electron chi connectivity index (χ4n) is 11.3. The first-order chi connectivity index (χ1) is 49.1. The van der Waals surface area contributed by atoms with Gasteiger partial charge in [-0.05, 0) is 105 Å². The zero-order valence-electron chi connectivity index (χ0n) is 58.3. The number of hydrogen-bond acceptors (Lipinski definition) is 18. The van der Waals surface area contributed by atoms with E-state index in [1.54, 1.807) is 60.7 Å². The number of guanidine groups is 1. The van der Waals surface area contributed by atoms with Crippen LogP contribution >= 0.6 is 11.8 Å². The van der Waals surface area contributed by atoms with Crippen LogP contribution in [0.5, 0.6) is 5.75 Å². The lowest BCUT2D eigenvalue weighted by atomic mass is 10.0. The Morgan fingerprint density at radius 2 is 0.961 bits per heavy atom. The van der Waals surface area contributed by atoms with E-state index in [0.717, 1.165) is 17.3 Å². The van der Waals surface area contributed by atoms with Crippen LogP contribution in [0.15, 0.2) is 120 Å². The molecular weight excluding hydrogens is 1350 g/mol. The predicted octanol–water partition coefficient (Wildman–Crippen LogP) is -1.77. The van der Waals surface area contributed by atoms with Gasteiger partial charge in [0.2, 0.25) is 76.0 Å². The minimum Gasteiger partial charge on any atom is -0.508 e. The molecule has 1 saturated heterocycles. The average Bonchev–Trinajstić information content (AvgIpc) is 1.78. The summed E-state index contributed by atoms with van der Waals surface area (Å²) in [4.78, 5) is 186. The molecule has 32 heteroatoms. The number of carbonyl (C=O) groups is 13. The highest BCUT2D eigenvalue weighted by molar-refractivity contribution is 8.13. The molecule has 22 N–H and O–H groups in total. The largest absolute Gasteiger partial charge is 0.508 e. The van der Waals surface area contributed by atoms with Gasteiger partial charge < -0.3 is 92.3 Å². The van der Waals surface area contributed by atoms with Crippen molar-refractivity contribution in [1.82, 2.24) is 52.8 Å². The molecule has 558 valence electrons. The SMILES string of the molecule is CC(=O)NCCSC(=O)[C@H](CC(C)C)NC(=O)[C@H](CCCN)NC(=O)[C@H](CCCN=C(N)N)NC(=O)[C@H](Cc1ccc(O)cc1)NC(=O)[C@H](CCC(N)=O)NC(=O)[C@H](CC(N)=O)NC(=O)[C@@H](Cc1ccccc1)NC(=O)[C@H](Cc1ccccc1)NC(=O)[C@@H]1CCCN1C(=O)[C@H](N)Cc1ccccc1. The number of nitrogens with two attached hydrogens (primary N) is 6. The summed E-state index contributed by atoms with van der Waals surface area (Å²) in [7, 11) is 0. The van der Waals surface area contributed by atoms with Gasteiger partial charge in [0.1, 0.15) is 54.1 Å². The second kappa shape index (κ2) is 43.4. The van der Waals surface area contributed by atoms with Gasteiger partial charge in [-0.3, -0.25) is 67.3 Å². The molecule has 5 rings (SSSR count). The third kappa shape index (κ3) is 29.9. The average molecular weight is 1450 g/mol. The Kier molecular flexibility index (Phi) is 35.0. The lowest BCUT2D eigenvalue weighted by molar-refractivity contribution is -0.140. The quantitative estimate of drug-likeness (QED) is 0.0133. The first-order valence-corrected chi connectivity index (χ1v) is 35.2. The second-order valence-electron chi connectivity index (χ2n) is 25.6. The molecule has 4 aromatic carbocycles. The molecule has 0 radical (unpaired) electrons. The Morgan fingerprint density at radius 3 is 1.43 bits per heavy atom. The number of benzene rings is 4. The molecule has 0 aliphatic carbocycles. The summed E-state index contributed by atoms with van der Waals surface area (Å²) >= 11 is 0.911. The Hall–Kier alpha value is -10.5. The van der Waals surface area contributed by atoms with E-state index < -0.39 is 145 Å². The van der Waals surface area contributed by atoms with Crippen LogP contribution in [0.25, 0.3) is 0 Å². The molecule has 103 heavy (non-hydrogen) atoms. The van der Waals surface area contributed by atoms with Crippen LogP contribution in [-0.4, -0.2) is 184 Å². The highest BCUT2D eigenvalue weighted by Crippen LogP contribution is 2.21. The van der Waals surface area contributed by atoms with Crippen molar-refractivity contribution in [3.8, 4) is 5.75 Å². The minimum absolute atomic E-state index is 0.0109. The highest BCUT2D eigenvalue weighted by atomic mass is 32.2. The first-order valence-electron chi connectivity index (χ1n) is 34.2. The van der Waals surface area contributed by atoms with Gasteiger partial charge in [-0.2, -0.15) is 0 Å². The van der Waals surface area contributed by atoms with E-state index in [2.05, 4.69) is 52.8 Å². The second-order valence-corrected chi connectivity index (χ2v) is 26.7. The normalized spacial score (nSPS) is 15.1. The van der Waals surface area contributed by atoms with Crippen LogP contribution < -0.4 is 82.3 Å². The van der Waals surface area contributed by atoms with Crippen LogP contribution in [-0.2, 0) is 88.0 Å². The van der Waals surface area contributed by atoms with Gasteiger partial charge in [-0.15, -0.1) is 0 Å². The number of primary amides is 2. The van der Waals surface area contributed by atoms with E-state index in [9.17, 15) is 67.4 Å². The van der Waals surface area contributed by atoms with Crippen LogP contribution in [0, 0.1) is 5.92 Å². The standard InChI is InChI=1S/C71H99N17O14S/c1-42(2)36-57(70(102)103-35-33-78-43(3)89)87-62(94)50(22-13-31-72)80-61(93)51(23-14-32-79-71(76)77)81-64(96)54(40-47-25-27-48(90)28-26-47)83-63(95)52(29-30-59(74)91)82-67(99)56(41-60(75)92)85-65(97)53(38-45-18-9-5-10-19-45)84-66(98)55(39-46-20-11-6-12-21-46)86-68(100)58-24-15-34-88(58)69(101)49(73)37-44-16-7-4-8-17-44/h4-12,16-21,25-28,42,49-58,90H,13-15,22-24,29-41,72-73H2,1-3H3,(H2,74,91)(H2,75,92)(H,78,89)(H,80,93)(H,81,96)(H,82,99)(H,83,95)(H,84,98)(H,85,97)(H,86,100)(H,87,94)(H4,76,77,79)/t49-,50+,51+,52+,53-,54+,55+,56+,57+,58+/m1/s1. The maximum absolute atomic E-state index is 14.8. The van der Waals surface area contributed by atoms with Crippen molar-refractivity contribution in [2.45, 2.75) is 171 Å². The Morgan fingerprint density at radius 1 is 0.534 bits per heavy atom. The number of phenolic OH excluding ortho intramolecular Hbond substituents is 1. The smallest absolute Gasteiger partial charge is 0.243 e. The van der Waals surface area contributed by atoms with E-state index in [4.69, 9.17) is 34.4 Å². The van der Waals surface area contributed by atoms with Crippen LogP contribution in [0.4, 0.5) is 0 Å². The number of hydrogen-bond donors (Lipinski definition) is 16. The number of thioether (sulfide) groups is 1. The zero-order chi connectivity index (χ0) is 75.5. The van der Waals surface area contributed by atoms with Crippen molar-refractivity contribution in [3.63, 3.8) is 0 Å². The van der Waals surface area contributed by atoms with Crippen molar-refractivity contribution in [1.29, 1.82) is 0 Å². The number of aliphatic imine (C=N–C) groups is 1. The number of nitrogens with zero attached hydrogens (tertiary/aromatic N) is 2. The van der Waals surface area contributed by atoms with Gasteiger partial charge in [0.05, 0.1) is 18.5 Å². The molecular formula is C71H99N17O14S. The van der Waals surface area contributed by atoms with E-state index in [-0.39, 0.29) is 125 Å². The van der Waals surface area contributed by atoms with Gasteiger partial charge in [0, 0.05) is 58.0 Å². The maximum Gasteiger partial charge on any atom is 0.243 e. The van der Waals surface area contributed by atoms with E-state index in [0.29, 0.717) is 23.1 Å². The fourth-order valence-corrected chi connectivity index (χ4v) is 12.1. The summed E-state index contributed by atoms with van der Waals surface area (Å²) in [5.41, 5.74) is 37.0. The van der Waals surface area contributed by atoms with Crippen molar-refractivity contribution >= 4 is 93.7 Å². The van der Waals surface area contributed by atoms with Crippen molar-refractivity contribution in [2.24, 2.45) is 45.3 Å². The number of aromatic hydroxyl groups is 1. The molecule has 1 aliphatic heterocycles. The molecule has 31 nitrogen and oxygen atoms in total. The number of nitrogens with one attached hydrogen (secondary N) is 9. The van der Waals surface area contributed by atoms with Crippen LogP contribution in [0.1, 0.15) is 107 Å². The monoisotopic (exact) mass is 1450 g/mol. The molecule has 1 heterocycles. The molecule has 12 amide bonds. The fraction of sp³-hybridized carbons (Fsp3) is 0.465. The Bertz CT molecular complexity index is 3540. The molecule has 1 aliphatic rings. The summed E-state index contributed by atoms with van der Waals surface area (Å²) in [5, 5.41) is 33.6. The van der Waals surface area contributed by atoms with Crippen molar-refractivity contribution in [3.05, 3.63) is 138 Å². The summed E-state index contributed by atoms with van der Waals surface area (Å²) < 4.78 is 0. The Balaban J connectivity index is 1.42. The molecule has 10 atom stereocenters. The maximum atomic E-state index is 14.8. The van der Waals surface area contributed by atoms with E-state index in [1.807, 2.05) is 44.2 Å². The number of phenols is 1. The highest BCUT2D eigenvalue weighted by Gasteiger charge is 2.40. The third-order valence-electron chi connectivity index (χ3n) is 16.6. The molecule has 1 fully saturated rings. The van der Waals surface area contributed by atoms with Crippen LogP contribution in [0.3, 0.4) is 0 Å². The molecule has 0 unspecified atom stereocenters. The number of likely N-dealkylation sites (tertiary alicyclic amines) is 1. The van der Waals surface area contributed by atoms with E-state index >= 15 is 0 Å².